The number of nitrogens with zero attached hydrogens (tertiary/aromatic N) is 3. The van der Waals surface area contributed by atoms with E-state index in [1.165, 1.54) is 6.20 Å². The second-order valence-corrected chi connectivity index (χ2v) is 11.4. The molecule has 6 atom stereocenters. The van der Waals surface area contributed by atoms with Crippen LogP contribution in [0, 0.1) is 17.5 Å². The summed E-state index contributed by atoms with van der Waals surface area (Å²) >= 11 is 1.16. The first kappa shape index (κ1) is 29.5. The average molecular weight is 568 g/mol. The first-order chi connectivity index (χ1) is 18.5. The molecule has 0 aliphatic carbocycles. The number of ether oxygens (including phenoxy) is 1. The lowest BCUT2D eigenvalue weighted by Gasteiger charge is -2.44. The number of aryl methyl sites for hydroxylation is 1. The zero-order chi connectivity index (χ0) is 28.5. The van der Waals surface area contributed by atoms with E-state index in [0.717, 1.165) is 52.5 Å². The predicted octanol–water partition coefficient (Wildman–Crippen LogP) is 3.54. The lowest BCUT2D eigenvalue weighted by molar-refractivity contribution is -0.179. The smallest absolute Gasteiger partial charge is 0.194 e. The van der Waals surface area contributed by atoms with E-state index >= 15 is 0 Å². The van der Waals surface area contributed by atoms with E-state index in [9.17, 15) is 33.6 Å². The second kappa shape index (κ2) is 11.9. The average Bonchev–Trinajstić information content (AvgIpc) is 3.36. The van der Waals surface area contributed by atoms with Crippen LogP contribution in [0.25, 0.3) is 11.3 Å². The number of rotatable bonds is 9. The van der Waals surface area contributed by atoms with Crippen molar-refractivity contribution in [2.24, 2.45) is 0 Å². The van der Waals surface area contributed by atoms with Gasteiger partial charge in [0.05, 0.1) is 23.7 Å². The summed E-state index contributed by atoms with van der Waals surface area (Å²) in [7, 11) is 0. The minimum Gasteiger partial charge on any atom is -0.394 e. The number of thioether (sulfide) groups is 1. The molecule has 8 nitrogen and oxygen atoms in total. The molecule has 1 saturated heterocycles. The van der Waals surface area contributed by atoms with Crippen molar-refractivity contribution in [1.82, 2.24) is 15.0 Å². The third-order valence-electron chi connectivity index (χ3n) is 6.71. The van der Waals surface area contributed by atoms with E-state index in [1.54, 1.807) is 13.8 Å². The van der Waals surface area contributed by atoms with Crippen molar-refractivity contribution >= 4 is 11.8 Å². The van der Waals surface area contributed by atoms with Crippen molar-refractivity contribution in [3.63, 3.8) is 0 Å². The van der Waals surface area contributed by atoms with E-state index in [1.807, 2.05) is 24.3 Å². The molecule has 1 aromatic heterocycles. The SMILES string of the molecule is CCCc1ccccc1C(S[C@@H]1O[C@H](CO)[C@H](O)[C@H](n2cc(-c3cc(F)c(F)c(F)c3)nn2)[C@H]1O)C(C)(C)O. The van der Waals surface area contributed by atoms with Crippen LogP contribution in [0.5, 0.6) is 0 Å². The van der Waals surface area contributed by atoms with Crippen LogP contribution >= 0.6 is 11.8 Å². The molecular weight excluding hydrogens is 535 g/mol. The molecule has 4 rings (SSSR count). The highest BCUT2D eigenvalue weighted by molar-refractivity contribution is 8.00. The maximum absolute atomic E-state index is 13.8. The molecule has 1 aliphatic heterocycles. The summed E-state index contributed by atoms with van der Waals surface area (Å²) in [5, 5.41) is 50.6. The van der Waals surface area contributed by atoms with Gasteiger partial charge in [-0.3, -0.25) is 0 Å². The van der Waals surface area contributed by atoms with Crippen molar-refractivity contribution in [2.75, 3.05) is 6.61 Å². The minimum absolute atomic E-state index is 0.0219. The van der Waals surface area contributed by atoms with Crippen molar-refractivity contribution in [1.29, 1.82) is 0 Å². The highest BCUT2D eigenvalue weighted by Crippen LogP contribution is 2.47. The van der Waals surface area contributed by atoms with Crippen LogP contribution in [0.1, 0.15) is 49.6 Å². The molecule has 12 heteroatoms. The molecule has 212 valence electrons. The summed E-state index contributed by atoms with van der Waals surface area (Å²) in [6, 6.07) is 8.04. The predicted molar refractivity (Wildman–Crippen MR) is 139 cm³/mol. The van der Waals surface area contributed by atoms with Crippen LogP contribution < -0.4 is 0 Å². The van der Waals surface area contributed by atoms with Gasteiger partial charge in [0.1, 0.15) is 35.5 Å². The molecule has 4 N–H and O–H groups in total. The third-order valence-corrected chi connectivity index (χ3v) is 8.47. The first-order valence-electron chi connectivity index (χ1n) is 12.6. The molecule has 3 aromatic rings. The van der Waals surface area contributed by atoms with Crippen LogP contribution in [0.4, 0.5) is 13.2 Å². The number of aliphatic hydroxyl groups is 4. The number of halogens is 3. The van der Waals surface area contributed by atoms with Crippen molar-refractivity contribution in [3.8, 4) is 11.3 Å². The molecule has 0 spiro atoms. The number of hydrogen-bond donors (Lipinski definition) is 4. The third kappa shape index (κ3) is 6.16. The van der Waals surface area contributed by atoms with E-state index in [2.05, 4.69) is 17.2 Å². The van der Waals surface area contributed by atoms with Gasteiger partial charge in [0, 0.05) is 5.56 Å². The highest BCUT2D eigenvalue weighted by Gasteiger charge is 2.48. The molecule has 39 heavy (non-hydrogen) atoms. The largest absolute Gasteiger partial charge is 0.394 e. The topological polar surface area (TPSA) is 121 Å². The van der Waals surface area contributed by atoms with Crippen LogP contribution in [-0.2, 0) is 11.2 Å². The van der Waals surface area contributed by atoms with E-state index in [0.29, 0.717) is 0 Å². The summed E-state index contributed by atoms with van der Waals surface area (Å²) in [5.41, 5.74) is -0.455. The van der Waals surface area contributed by atoms with Crippen LogP contribution in [0.3, 0.4) is 0 Å². The molecule has 1 unspecified atom stereocenters. The molecule has 0 amide bonds. The summed E-state index contributed by atoms with van der Waals surface area (Å²) < 4.78 is 48.0. The number of aliphatic hydroxyl groups excluding tert-OH is 3. The molecular formula is C27H32F3N3O5S. The molecule has 2 aromatic carbocycles. The van der Waals surface area contributed by atoms with Gasteiger partial charge in [-0.25, -0.2) is 17.9 Å². The molecule has 0 bridgehead atoms. The fourth-order valence-corrected chi connectivity index (χ4v) is 6.30. The lowest BCUT2D eigenvalue weighted by Crippen LogP contribution is -2.55. The van der Waals surface area contributed by atoms with Gasteiger partial charge in [0.2, 0.25) is 0 Å². The quantitative estimate of drug-likeness (QED) is 0.290. The van der Waals surface area contributed by atoms with Gasteiger partial charge < -0.3 is 25.2 Å². The monoisotopic (exact) mass is 567 g/mol. The fourth-order valence-electron chi connectivity index (χ4n) is 4.79. The first-order valence-corrected chi connectivity index (χ1v) is 13.5. The van der Waals surface area contributed by atoms with Crippen LogP contribution in [0.2, 0.25) is 0 Å². The molecule has 0 saturated carbocycles. The van der Waals surface area contributed by atoms with Gasteiger partial charge >= 0.3 is 0 Å². The number of aromatic nitrogens is 3. The number of hydrogen-bond acceptors (Lipinski definition) is 8. The molecule has 1 aliphatic rings. The number of benzene rings is 2. The Morgan fingerprint density at radius 2 is 1.77 bits per heavy atom. The fraction of sp³-hybridized carbons (Fsp3) is 0.481. The molecule has 1 fully saturated rings. The van der Waals surface area contributed by atoms with Gasteiger partial charge in [0.15, 0.2) is 17.5 Å². The van der Waals surface area contributed by atoms with E-state index < -0.39 is 64.7 Å². The Balaban J connectivity index is 1.67. The summed E-state index contributed by atoms with van der Waals surface area (Å²) in [5.74, 6) is -4.42. The Morgan fingerprint density at radius 1 is 1.10 bits per heavy atom. The Kier molecular flexibility index (Phi) is 9.04. The zero-order valence-electron chi connectivity index (χ0n) is 21.7. The van der Waals surface area contributed by atoms with Crippen molar-refractivity contribution < 1.29 is 38.3 Å². The standard InChI is InChI=1S/C27H32F3N3O5S/c1-4-7-14-8-5-6-9-16(14)25(27(2,3)37)39-26-24(36)22(23(35)20(13-34)38-26)33-12-19(31-32-33)15-10-17(28)21(30)18(29)11-15/h5-6,8-12,20,22-26,34-37H,4,7,13H2,1-3H3/t20-,22+,23+,24-,25?,26+/m1/s1. The highest BCUT2D eigenvalue weighted by atomic mass is 32.2. The Hall–Kier alpha value is -2.48. The van der Waals surface area contributed by atoms with Gasteiger partial charge in [-0.1, -0.05) is 42.8 Å². The lowest BCUT2D eigenvalue weighted by atomic mass is 9.92. The van der Waals surface area contributed by atoms with Crippen LogP contribution in [-0.4, -0.2) is 71.4 Å². The van der Waals surface area contributed by atoms with E-state index in [4.69, 9.17) is 4.74 Å². The maximum Gasteiger partial charge on any atom is 0.194 e. The van der Waals surface area contributed by atoms with E-state index in [-0.39, 0.29) is 11.3 Å². The minimum atomic E-state index is -1.62. The second-order valence-electron chi connectivity index (χ2n) is 10.2. The van der Waals surface area contributed by atoms with Gasteiger partial charge in [-0.15, -0.1) is 16.9 Å². The normalized spacial score (nSPS) is 24.6. The Bertz CT molecular complexity index is 1260. The summed E-state index contributed by atoms with van der Waals surface area (Å²) in [6.07, 6.45) is -1.00. The van der Waals surface area contributed by atoms with Gasteiger partial charge in [-0.2, -0.15) is 0 Å². The van der Waals surface area contributed by atoms with Crippen molar-refractivity contribution in [3.05, 3.63) is 71.2 Å². The van der Waals surface area contributed by atoms with Crippen molar-refractivity contribution in [2.45, 2.75) is 74.3 Å². The molecule has 0 radical (unpaired) electrons. The van der Waals surface area contributed by atoms with Gasteiger partial charge in [0.25, 0.3) is 0 Å². The van der Waals surface area contributed by atoms with Crippen LogP contribution in [0.15, 0.2) is 42.6 Å². The maximum atomic E-state index is 13.8. The zero-order valence-corrected chi connectivity index (χ0v) is 22.5. The Labute approximate surface area is 228 Å². The summed E-state index contributed by atoms with van der Waals surface area (Å²) in [4.78, 5) is 0. The molecule has 2 heterocycles. The summed E-state index contributed by atoms with van der Waals surface area (Å²) in [6.45, 7) is 4.79. The Morgan fingerprint density at radius 3 is 2.38 bits per heavy atom. The van der Waals surface area contributed by atoms with Gasteiger partial charge in [-0.05, 0) is 43.5 Å².